The van der Waals surface area contributed by atoms with E-state index in [2.05, 4.69) is 15.9 Å². The third-order valence-corrected chi connectivity index (χ3v) is 2.18. The van der Waals surface area contributed by atoms with Gasteiger partial charge in [0.15, 0.2) is 0 Å². The summed E-state index contributed by atoms with van der Waals surface area (Å²) in [5, 5.41) is 0.960. The molecule has 0 aliphatic heterocycles. The van der Waals surface area contributed by atoms with E-state index < -0.39 is 0 Å². The Morgan fingerprint density at radius 1 is 1.23 bits per heavy atom. The van der Waals surface area contributed by atoms with Crippen molar-refractivity contribution < 1.29 is 4.79 Å². The van der Waals surface area contributed by atoms with Gasteiger partial charge in [-0.05, 0) is 17.5 Å². The number of aryl methyl sites for hydroxylation is 1. The summed E-state index contributed by atoms with van der Waals surface area (Å²) in [5.74, 6) is -0.284. The maximum Gasteiger partial charge on any atom is 0.221 e. The van der Waals surface area contributed by atoms with E-state index in [4.69, 9.17) is 5.73 Å². The van der Waals surface area contributed by atoms with Crippen LogP contribution in [-0.2, 0) is 17.6 Å². The largest absolute Gasteiger partial charge is 0.369 e. The number of amides is 1. The quantitative estimate of drug-likeness (QED) is 0.801. The maximum atomic E-state index is 10.6. The Kier molecular flexibility index (Phi) is 3.96. The molecule has 0 aliphatic rings. The summed E-state index contributed by atoms with van der Waals surface area (Å²) in [6.07, 6.45) is 1.34. The fourth-order valence-corrected chi connectivity index (χ4v) is 1.59. The van der Waals surface area contributed by atoms with Gasteiger partial charge in [-0.15, -0.1) is 0 Å². The minimum atomic E-state index is -0.284. The van der Waals surface area contributed by atoms with E-state index in [0.717, 1.165) is 17.3 Å². The van der Waals surface area contributed by atoms with Gasteiger partial charge < -0.3 is 5.73 Å². The normalized spacial score (nSPS) is 9.92. The van der Waals surface area contributed by atoms with Crippen LogP contribution in [0.5, 0.6) is 0 Å². The maximum absolute atomic E-state index is 10.6. The summed E-state index contributed by atoms with van der Waals surface area (Å²) < 4.78 is 0. The summed E-state index contributed by atoms with van der Waals surface area (Å²) in [6, 6.07) is 7.95. The van der Waals surface area contributed by atoms with Crippen LogP contribution in [-0.4, -0.2) is 11.2 Å². The lowest BCUT2D eigenvalue weighted by atomic mass is 10.1. The van der Waals surface area contributed by atoms with Crippen molar-refractivity contribution in [2.24, 2.45) is 5.73 Å². The molecular weight excluding hydrogens is 230 g/mol. The molecule has 0 spiro atoms. The topological polar surface area (TPSA) is 43.1 Å². The molecule has 0 heterocycles. The Hall–Kier alpha value is -0.830. The van der Waals surface area contributed by atoms with E-state index >= 15 is 0 Å². The van der Waals surface area contributed by atoms with Crippen molar-refractivity contribution in [2.75, 3.05) is 5.33 Å². The van der Waals surface area contributed by atoms with E-state index in [0.29, 0.717) is 6.42 Å². The molecule has 70 valence electrons. The molecular formula is C10H12BrNO. The fourth-order valence-electron chi connectivity index (χ4n) is 1.13. The van der Waals surface area contributed by atoms with Crippen LogP contribution in [0.25, 0.3) is 0 Å². The van der Waals surface area contributed by atoms with Gasteiger partial charge >= 0.3 is 0 Å². The number of alkyl halides is 1. The number of hydrogen-bond donors (Lipinski definition) is 1. The zero-order valence-corrected chi connectivity index (χ0v) is 8.88. The molecule has 0 aromatic heterocycles. The standard InChI is InChI=1S/C10H12BrNO/c11-6-5-8-1-3-9(4-2-8)7-10(12)13/h1-4H,5-7H2,(H2,12,13). The summed E-state index contributed by atoms with van der Waals surface area (Å²) >= 11 is 3.37. The molecule has 1 aromatic rings. The van der Waals surface area contributed by atoms with Crippen molar-refractivity contribution in [1.29, 1.82) is 0 Å². The SMILES string of the molecule is NC(=O)Cc1ccc(CCBr)cc1. The fraction of sp³-hybridized carbons (Fsp3) is 0.300. The second kappa shape index (κ2) is 5.02. The molecule has 0 atom stereocenters. The Bertz CT molecular complexity index is 281. The summed E-state index contributed by atoms with van der Waals surface area (Å²) in [4.78, 5) is 10.6. The van der Waals surface area contributed by atoms with Gasteiger partial charge in [0, 0.05) is 5.33 Å². The monoisotopic (exact) mass is 241 g/mol. The highest BCUT2D eigenvalue weighted by atomic mass is 79.9. The lowest BCUT2D eigenvalue weighted by Gasteiger charge is -2.00. The van der Waals surface area contributed by atoms with Crippen molar-refractivity contribution in [3.8, 4) is 0 Å². The third-order valence-electron chi connectivity index (χ3n) is 1.78. The van der Waals surface area contributed by atoms with Crippen LogP contribution < -0.4 is 5.73 Å². The van der Waals surface area contributed by atoms with Crippen LogP contribution in [0.1, 0.15) is 11.1 Å². The highest BCUT2D eigenvalue weighted by Crippen LogP contribution is 2.06. The van der Waals surface area contributed by atoms with Crippen LogP contribution in [0.15, 0.2) is 24.3 Å². The van der Waals surface area contributed by atoms with Crippen molar-refractivity contribution in [2.45, 2.75) is 12.8 Å². The number of benzene rings is 1. The van der Waals surface area contributed by atoms with Crippen molar-refractivity contribution in [3.63, 3.8) is 0 Å². The molecule has 2 nitrogen and oxygen atoms in total. The zero-order chi connectivity index (χ0) is 9.68. The lowest BCUT2D eigenvalue weighted by molar-refractivity contribution is -0.117. The molecule has 0 saturated heterocycles. The number of hydrogen-bond acceptors (Lipinski definition) is 1. The smallest absolute Gasteiger partial charge is 0.221 e. The minimum Gasteiger partial charge on any atom is -0.369 e. The van der Waals surface area contributed by atoms with Crippen molar-refractivity contribution in [1.82, 2.24) is 0 Å². The Labute approximate surface area is 86.3 Å². The average Bonchev–Trinajstić information content (AvgIpc) is 2.08. The predicted octanol–water partition coefficient (Wildman–Crippen LogP) is 1.65. The molecule has 2 N–H and O–H groups in total. The van der Waals surface area contributed by atoms with Crippen LogP contribution in [0.3, 0.4) is 0 Å². The molecule has 1 amide bonds. The zero-order valence-electron chi connectivity index (χ0n) is 7.29. The molecule has 0 aliphatic carbocycles. The van der Waals surface area contributed by atoms with Gasteiger partial charge in [0.2, 0.25) is 5.91 Å². The van der Waals surface area contributed by atoms with Gasteiger partial charge in [-0.25, -0.2) is 0 Å². The lowest BCUT2D eigenvalue weighted by Crippen LogP contribution is -2.13. The first-order chi connectivity index (χ1) is 6.22. The van der Waals surface area contributed by atoms with E-state index in [9.17, 15) is 4.79 Å². The van der Waals surface area contributed by atoms with Crippen molar-refractivity contribution >= 4 is 21.8 Å². The number of primary amides is 1. The summed E-state index contributed by atoms with van der Waals surface area (Å²) in [5.41, 5.74) is 7.32. The van der Waals surface area contributed by atoms with E-state index in [1.807, 2.05) is 24.3 Å². The van der Waals surface area contributed by atoms with Crippen LogP contribution >= 0.6 is 15.9 Å². The first kappa shape index (κ1) is 10.3. The molecule has 0 bridgehead atoms. The summed E-state index contributed by atoms with van der Waals surface area (Å²) in [6.45, 7) is 0. The molecule has 3 heteroatoms. The van der Waals surface area contributed by atoms with E-state index in [1.54, 1.807) is 0 Å². The van der Waals surface area contributed by atoms with E-state index in [1.165, 1.54) is 5.56 Å². The predicted molar refractivity (Wildman–Crippen MR) is 56.8 cm³/mol. The molecule has 0 saturated carbocycles. The van der Waals surface area contributed by atoms with E-state index in [-0.39, 0.29) is 5.91 Å². The molecule has 0 radical (unpaired) electrons. The first-order valence-corrected chi connectivity index (χ1v) is 5.26. The highest BCUT2D eigenvalue weighted by Gasteiger charge is 1.97. The van der Waals surface area contributed by atoms with Gasteiger partial charge in [-0.1, -0.05) is 40.2 Å². The second-order valence-electron chi connectivity index (χ2n) is 2.90. The number of halogens is 1. The highest BCUT2D eigenvalue weighted by molar-refractivity contribution is 9.09. The van der Waals surface area contributed by atoms with Gasteiger partial charge in [0.1, 0.15) is 0 Å². The van der Waals surface area contributed by atoms with Gasteiger partial charge in [0.05, 0.1) is 6.42 Å². The summed E-state index contributed by atoms with van der Waals surface area (Å²) in [7, 11) is 0. The third kappa shape index (κ3) is 3.59. The molecule has 0 unspecified atom stereocenters. The molecule has 13 heavy (non-hydrogen) atoms. The second-order valence-corrected chi connectivity index (χ2v) is 3.69. The van der Waals surface area contributed by atoms with Crippen LogP contribution in [0.4, 0.5) is 0 Å². The van der Waals surface area contributed by atoms with Gasteiger partial charge in [-0.3, -0.25) is 4.79 Å². The number of rotatable bonds is 4. The average molecular weight is 242 g/mol. The Balaban J connectivity index is 2.64. The minimum absolute atomic E-state index is 0.284. The Morgan fingerprint density at radius 3 is 2.23 bits per heavy atom. The number of nitrogens with two attached hydrogens (primary N) is 1. The Morgan fingerprint density at radius 2 is 1.77 bits per heavy atom. The van der Waals surface area contributed by atoms with Crippen LogP contribution in [0.2, 0.25) is 0 Å². The van der Waals surface area contributed by atoms with Crippen LogP contribution in [0, 0.1) is 0 Å². The molecule has 1 aromatic carbocycles. The number of carbonyl (C=O) groups excluding carboxylic acids is 1. The number of carbonyl (C=O) groups is 1. The first-order valence-electron chi connectivity index (χ1n) is 4.14. The molecule has 1 rings (SSSR count). The van der Waals surface area contributed by atoms with Gasteiger partial charge in [-0.2, -0.15) is 0 Å². The van der Waals surface area contributed by atoms with Crippen molar-refractivity contribution in [3.05, 3.63) is 35.4 Å². The molecule has 0 fully saturated rings. The van der Waals surface area contributed by atoms with Gasteiger partial charge in [0.25, 0.3) is 0 Å².